The minimum Gasteiger partial charge on any atom is -0.478 e. The Labute approximate surface area is 110 Å². The molecule has 0 fully saturated rings. The lowest BCUT2D eigenvalue weighted by atomic mass is 10.1. The highest BCUT2D eigenvalue weighted by Crippen LogP contribution is 2.17. The first-order valence-corrected chi connectivity index (χ1v) is 6.19. The van der Waals surface area contributed by atoms with Gasteiger partial charge in [0, 0.05) is 22.6 Å². The van der Waals surface area contributed by atoms with Crippen molar-refractivity contribution in [1.82, 2.24) is 5.32 Å². The predicted molar refractivity (Wildman–Crippen MR) is 72.0 cm³/mol. The number of carboxylic acids is 1. The molecule has 4 heteroatoms. The van der Waals surface area contributed by atoms with E-state index in [1.165, 1.54) is 5.56 Å². The minimum absolute atomic E-state index is 0.186. The Hall–Kier alpha value is -1.13. The molecule has 1 atom stereocenters. The van der Waals surface area contributed by atoms with Gasteiger partial charge in [0.15, 0.2) is 0 Å². The maximum absolute atomic E-state index is 10.6. The summed E-state index contributed by atoms with van der Waals surface area (Å²) in [7, 11) is 0. The van der Waals surface area contributed by atoms with Crippen LogP contribution in [0.2, 0.25) is 0 Å². The fraction of sp³-hybridized carbons (Fsp3) is 0.308. The molecule has 0 radical (unpaired) electrons. The average molecular weight is 298 g/mol. The summed E-state index contributed by atoms with van der Waals surface area (Å²) in [6, 6.07) is 8.23. The fourth-order valence-electron chi connectivity index (χ4n) is 1.37. The molecular weight excluding hydrogens is 282 g/mol. The summed E-state index contributed by atoms with van der Waals surface area (Å²) in [5, 5.41) is 11.9. The summed E-state index contributed by atoms with van der Waals surface area (Å²) >= 11 is 3.42. The predicted octanol–water partition coefficient (Wildman–Crippen LogP) is 3.13. The Morgan fingerprint density at radius 3 is 2.88 bits per heavy atom. The van der Waals surface area contributed by atoms with Gasteiger partial charge < -0.3 is 10.4 Å². The van der Waals surface area contributed by atoms with E-state index >= 15 is 0 Å². The van der Waals surface area contributed by atoms with Gasteiger partial charge in [0.2, 0.25) is 0 Å². The van der Waals surface area contributed by atoms with E-state index in [2.05, 4.69) is 21.2 Å². The SMILES string of the molecule is C/C(=C/CN[C@@H](C)c1cccc(Br)c1)C(=O)O. The van der Waals surface area contributed by atoms with Crippen LogP contribution in [0, 0.1) is 0 Å². The van der Waals surface area contributed by atoms with Gasteiger partial charge in [0.25, 0.3) is 0 Å². The van der Waals surface area contributed by atoms with Gasteiger partial charge in [-0.3, -0.25) is 0 Å². The van der Waals surface area contributed by atoms with E-state index in [0.717, 1.165) is 4.47 Å². The summed E-state index contributed by atoms with van der Waals surface area (Å²) < 4.78 is 1.04. The van der Waals surface area contributed by atoms with Gasteiger partial charge in [0.1, 0.15) is 0 Å². The molecule has 1 rings (SSSR count). The van der Waals surface area contributed by atoms with Gasteiger partial charge in [0.05, 0.1) is 0 Å². The number of halogens is 1. The molecular formula is C13H16BrNO2. The van der Waals surface area contributed by atoms with Crippen LogP contribution in [-0.4, -0.2) is 17.6 Å². The van der Waals surface area contributed by atoms with Crippen LogP contribution in [0.5, 0.6) is 0 Å². The third-order valence-electron chi connectivity index (χ3n) is 2.52. The highest BCUT2D eigenvalue weighted by atomic mass is 79.9. The van der Waals surface area contributed by atoms with Crippen molar-refractivity contribution in [2.45, 2.75) is 19.9 Å². The third-order valence-corrected chi connectivity index (χ3v) is 3.01. The second-order valence-electron chi connectivity index (χ2n) is 3.88. The zero-order valence-corrected chi connectivity index (χ0v) is 11.5. The van der Waals surface area contributed by atoms with Crippen LogP contribution >= 0.6 is 15.9 Å². The lowest BCUT2D eigenvalue weighted by molar-refractivity contribution is -0.132. The van der Waals surface area contributed by atoms with Crippen molar-refractivity contribution >= 4 is 21.9 Å². The number of nitrogens with one attached hydrogen (secondary N) is 1. The van der Waals surface area contributed by atoms with Crippen molar-refractivity contribution in [3.05, 3.63) is 46.0 Å². The fourth-order valence-corrected chi connectivity index (χ4v) is 1.79. The first-order chi connectivity index (χ1) is 8.00. The summed E-state index contributed by atoms with van der Waals surface area (Å²) in [6.07, 6.45) is 1.68. The molecule has 1 aromatic rings. The van der Waals surface area contributed by atoms with Crippen LogP contribution in [0.4, 0.5) is 0 Å². The second-order valence-corrected chi connectivity index (χ2v) is 4.79. The van der Waals surface area contributed by atoms with Crippen LogP contribution in [0.1, 0.15) is 25.5 Å². The molecule has 0 aliphatic carbocycles. The Bertz CT molecular complexity index is 429. The molecule has 0 aliphatic rings. The molecule has 0 spiro atoms. The van der Waals surface area contributed by atoms with Gasteiger partial charge in [-0.1, -0.05) is 34.1 Å². The van der Waals surface area contributed by atoms with E-state index in [-0.39, 0.29) is 6.04 Å². The zero-order valence-electron chi connectivity index (χ0n) is 9.90. The molecule has 0 amide bonds. The van der Waals surface area contributed by atoms with Gasteiger partial charge in [-0.25, -0.2) is 4.79 Å². The number of carbonyl (C=O) groups is 1. The number of hydrogen-bond donors (Lipinski definition) is 2. The highest BCUT2D eigenvalue weighted by molar-refractivity contribution is 9.10. The second kappa shape index (κ2) is 6.57. The first-order valence-electron chi connectivity index (χ1n) is 5.39. The molecule has 3 nitrogen and oxygen atoms in total. The lowest BCUT2D eigenvalue weighted by Crippen LogP contribution is -2.19. The van der Waals surface area contributed by atoms with E-state index in [0.29, 0.717) is 12.1 Å². The van der Waals surface area contributed by atoms with Gasteiger partial charge >= 0.3 is 5.97 Å². The van der Waals surface area contributed by atoms with E-state index in [1.807, 2.05) is 31.2 Å². The smallest absolute Gasteiger partial charge is 0.330 e. The molecule has 0 aliphatic heterocycles. The monoisotopic (exact) mass is 297 g/mol. The van der Waals surface area contributed by atoms with Crippen molar-refractivity contribution < 1.29 is 9.90 Å². The molecule has 0 unspecified atom stereocenters. The summed E-state index contributed by atoms with van der Waals surface area (Å²) in [5.74, 6) is -0.873. The van der Waals surface area contributed by atoms with Gasteiger partial charge in [-0.2, -0.15) is 0 Å². The quantitative estimate of drug-likeness (QED) is 0.821. The molecule has 0 bridgehead atoms. The highest BCUT2D eigenvalue weighted by Gasteiger charge is 2.04. The molecule has 0 aromatic heterocycles. The zero-order chi connectivity index (χ0) is 12.8. The maximum Gasteiger partial charge on any atom is 0.330 e. The largest absolute Gasteiger partial charge is 0.478 e. The van der Waals surface area contributed by atoms with Crippen molar-refractivity contribution in [2.75, 3.05) is 6.54 Å². The van der Waals surface area contributed by atoms with Crippen LogP contribution in [0.15, 0.2) is 40.4 Å². The van der Waals surface area contributed by atoms with E-state index in [4.69, 9.17) is 5.11 Å². The number of benzene rings is 1. The van der Waals surface area contributed by atoms with Crippen molar-refractivity contribution in [2.24, 2.45) is 0 Å². The summed E-state index contributed by atoms with van der Waals surface area (Å²) in [6.45, 7) is 4.19. The number of aliphatic carboxylic acids is 1. The molecule has 0 heterocycles. The lowest BCUT2D eigenvalue weighted by Gasteiger charge is -2.13. The standard InChI is InChI=1S/C13H16BrNO2/c1-9(13(16)17)6-7-15-10(2)11-4-3-5-12(14)8-11/h3-6,8,10,15H,7H2,1-2H3,(H,16,17)/b9-6-/t10-/m0/s1. The molecule has 0 saturated carbocycles. The molecule has 2 N–H and O–H groups in total. The normalized spacial score (nSPS) is 13.5. The Morgan fingerprint density at radius 2 is 2.29 bits per heavy atom. The van der Waals surface area contributed by atoms with Gasteiger partial charge in [-0.15, -0.1) is 0 Å². The molecule has 92 valence electrons. The van der Waals surface area contributed by atoms with Crippen LogP contribution in [-0.2, 0) is 4.79 Å². The van der Waals surface area contributed by atoms with E-state index in [9.17, 15) is 4.79 Å². The average Bonchev–Trinajstić information content (AvgIpc) is 2.28. The van der Waals surface area contributed by atoms with Crippen molar-refractivity contribution in [1.29, 1.82) is 0 Å². The summed E-state index contributed by atoms with van der Waals surface area (Å²) in [5.41, 5.74) is 1.53. The number of carboxylic acid groups (broad SMARTS) is 1. The van der Waals surface area contributed by atoms with Crippen LogP contribution in [0.25, 0.3) is 0 Å². The van der Waals surface area contributed by atoms with E-state index in [1.54, 1.807) is 13.0 Å². The molecule has 0 saturated heterocycles. The third kappa shape index (κ3) is 4.71. The molecule has 17 heavy (non-hydrogen) atoms. The van der Waals surface area contributed by atoms with E-state index < -0.39 is 5.97 Å². The van der Waals surface area contributed by atoms with Gasteiger partial charge in [-0.05, 0) is 31.5 Å². The topological polar surface area (TPSA) is 49.3 Å². The Morgan fingerprint density at radius 1 is 1.59 bits per heavy atom. The summed E-state index contributed by atoms with van der Waals surface area (Å²) in [4.78, 5) is 10.6. The van der Waals surface area contributed by atoms with Crippen molar-refractivity contribution in [3.63, 3.8) is 0 Å². The Balaban J connectivity index is 2.53. The number of rotatable bonds is 5. The first kappa shape index (κ1) is 13.9. The van der Waals surface area contributed by atoms with Crippen LogP contribution < -0.4 is 5.32 Å². The minimum atomic E-state index is -0.873. The maximum atomic E-state index is 10.6. The molecule has 1 aromatic carbocycles. The number of hydrogen-bond acceptors (Lipinski definition) is 2. The van der Waals surface area contributed by atoms with Crippen LogP contribution in [0.3, 0.4) is 0 Å². The Kier molecular flexibility index (Phi) is 5.38. The van der Waals surface area contributed by atoms with Crippen molar-refractivity contribution in [3.8, 4) is 0 Å².